The molecule has 0 bridgehead atoms. The molecule has 0 saturated heterocycles. The van der Waals surface area contributed by atoms with Gasteiger partial charge < -0.3 is 4.74 Å². The zero-order valence-corrected chi connectivity index (χ0v) is 10.3. The van der Waals surface area contributed by atoms with Crippen molar-refractivity contribution >= 4 is 10.9 Å². The zero-order valence-electron chi connectivity index (χ0n) is 10.3. The number of hydrogen-bond acceptors (Lipinski definition) is 4. The summed E-state index contributed by atoms with van der Waals surface area (Å²) in [6.45, 7) is 3.05. The Morgan fingerprint density at radius 1 is 1.44 bits per heavy atom. The van der Waals surface area contributed by atoms with Gasteiger partial charge in [-0.1, -0.05) is 13.0 Å². The minimum absolute atomic E-state index is 0.283. The molecule has 1 heterocycles. The Balaban J connectivity index is 2.06. The van der Waals surface area contributed by atoms with Crippen LogP contribution in [0.15, 0.2) is 36.5 Å². The monoisotopic (exact) mass is 241 g/mol. The van der Waals surface area contributed by atoms with Crippen LogP contribution in [-0.2, 0) is 0 Å². The van der Waals surface area contributed by atoms with E-state index in [0.29, 0.717) is 6.61 Å². The van der Waals surface area contributed by atoms with Crippen LogP contribution >= 0.6 is 0 Å². The third kappa shape index (κ3) is 2.96. The van der Waals surface area contributed by atoms with Crippen molar-refractivity contribution in [2.45, 2.75) is 13.0 Å². The van der Waals surface area contributed by atoms with Crippen molar-refractivity contribution in [3.63, 3.8) is 0 Å². The molecule has 0 fully saturated rings. The topological polar surface area (TPSA) is 57.9 Å². The van der Waals surface area contributed by atoms with E-state index in [1.165, 1.54) is 0 Å². The number of aromatic nitrogens is 1. The predicted octanol–water partition coefficient (Wildman–Crippen LogP) is 2.12. The van der Waals surface area contributed by atoms with E-state index in [1.807, 2.05) is 37.3 Å². The Kier molecular flexibility index (Phi) is 4.11. The molecule has 0 aliphatic rings. The van der Waals surface area contributed by atoms with Crippen molar-refractivity contribution in [3.8, 4) is 11.8 Å². The maximum atomic E-state index is 8.90. The fourth-order valence-electron chi connectivity index (χ4n) is 1.70. The van der Waals surface area contributed by atoms with Crippen LogP contribution in [0.3, 0.4) is 0 Å². The summed E-state index contributed by atoms with van der Waals surface area (Å²) in [4.78, 5) is 4.26. The predicted molar refractivity (Wildman–Crippen MR) is 70.3 cm³/mol. The summed E-state index contributed by atoms with van der Waals surface area (Å²) in [7, 11) is 0. The summed E-state index contributed by atoms with van der Waals surface area (Å²) in [5.74, 6) is 0.736. The lowest BCUT2D eigenvalue weighted by Crippen LogP contribution is -2.32. The second kappa shape index (κ2) is 5.99. The van der Waals surface area contributed by atoms with Crippen LogP contribution in [0, 0.1) is 11.3 Å². The smallest absolute Gasteiger partial charge is 0.130 e. The first-order chi connectivity index (χ1) is 8.83. The second-order valence-electron chi connectivity index (χ2n) is 3.91. The number of benzene rings is 1. The van der Waals surface area contributed by atoms with Gasteiger partial charge in [0.05, 0.1) is 11.6 Å². The van der Waals surface area contributed by atoms with Crippen molar-refractivity contribution in [3.05, 3.63) is 36.5 Å². The molecule has 1 N–H and O–H groups in total. The molecular formula is C14H15N3O. The molecular weight excluding hydrogens is 226 g/mol. The number of likely N-dealkylation sites (N-methyl/N-ethyl adjacent to an activating group) is 1. The lowest BCUT2D eigenvalue weighted by molar-refractivity contribution is 0.291. The van der Waals surface area contributed by atoms with Crippen LogP contribution < -0.4 is 10.1 Å². The van der Waals surface area contributed by atoms with E-state index >= 15 is 0 Å². The fourth-order valence-corrected chi connectivity index (χ4v) is 1.70. The fraction of sp³-hybridized carbons (Fsp3) is 0.286. The van der Waals surface area contributed by atoms with Gasteiger partial charge in [0.25, 0.3) is 0 Å². The number of pyridine rings is 1. The number of nitriles is 1. The van der Waals surface area contributed by atoms with Gasteiger partial charge in [-0.25, -0.2) is 0 Å². The van der Waals surface area contributed by atoms with E-state index in [2.05, 4.69) is 16.4 Å². The molecule has 4 heteroatoms. The first-order valence-electron chi connectivity index (χ1n) is 5.94. The SMILES string of the molecule is CCNC(C#N)COc1ccc2cccnc2c1. The minimum Gasteiger partial charge on any atom is -0.491 e. The highest BCUT2D eigenvalue weighted by Gasteiger charge is 2.06. The Bertz CT molecular complexity index is 562. The number of ether oxygens (including phenoxy) is 1. The maximum Gasteiger partial charge on any atom is 0.130 e. The Labute approximate surface area is 106 Å². The van der Waals surface area contributed by atoms with E-state index in [0.717, 1.165) is 23.2 Å². The maximum absolute atomic E-state index is 8.90. The van der Waals surface area contributed by atoms with Crippen LogP contribution in [0.4, 0.5) is 0 Å². The molecule has 0 radical (unpaired) electrons. The number of hydrogen-bond donors (Lipinski definition) is 1. The summed E-state index contributed by atoms with van der Waals surface area (Å²) >= 11 is 0. The summed E-state index contributed by atoms with van der Waals surface area (Å²) in [6, 6.07) is 11.5. The first kappa shape index (κ1) is 12.3. The van der Waals surface area contributed by atoms with Gasteiger partial charge in [-0.05, 0) is 24.7 Å². The standard InChI is InChI=1S/C14H15N3O/c1-2-16-12(9-15)10-18-13-6-5-11-4-3-7-17-14(11)8-13/h3-8,12,16H,2,10H2,1H3. The average molecular weight is 241 g/mol. The highest BCUT2D eigenvalue weighted by Crippen LogP contribution is 2.18. The van der Waals surface area contributed by atoms with E-state index < -0.39 is 0 Å². The van der Waals surface area contributed by atoms with Gasteiger partial charge in [-0.2, -0.15) is 5.26 Å². The Morgan fingerprint density at radius 2 is 2.33 bits per heavy atom. The van der Waals surface area contributed by atoms with Crippen LogP contribution in [0.1, 0.15) is 6.92 Å². The average Bonchev–Trinajstić information content (AvgIpc) is 2.43. The highest BCUT2D eigenvalue weighted by atomic mass is 16.5. The van der Waals surface area contributed by atoms with Crippen LogP contribution in [-0.4, -0.2) is 24.2 Å². The quantitative estimate of drug-likeness (QED) is 0.871. The number of rotatable bonds is 5. The lowest BCUT2D eigenvalue weighted by atomic mass is 10.2. The van der Waals surface area contributed by atoms with Crippen molar-refractivity contribution in [2.75, 3.05) is 13.2 Å². The Hall–Kier alpha value is -2.12. The van der Waals surface area contributed by atoms with E-state index in [4.69, 9.17) is 10.00 Å². The molecule has 0 amide bonds. The molecule has 18 heavy (non-hydrogen) atoms. The molecule has 4 nitrogen and oxygen atoms in total. The van der Waals surface area contributed by atoms with E-state index in [9.17, 15) is 0 Å². The van der Waals surface area contributed by atoms with E-state index in [-0.39, 0.29) is 6.04 Å². The summed E-state index contributed by atoms with van der Waals surface area (Å²) < 4.78 is 5.59. The van der Waals surface area contributed by atoms with E-state index in [1.54, 1.807) is 6.20 Å². The third-order valence-corrected chi connectivity index (χ3v) is 2.60. The molecule has 1 atom stereocenters. The molecule has 0 spiro atoms. The van der Waals surface area contributed by atoms with Crippen LogP contribution in [0.5, 0.6) is 5.75 Å². The van der Waals surface area contributed by atoms with Gasteiger partial charge in [-0.15, -0.1) is 0 Å². The molecule has 0 aliphatic carbocycles. The largest absolute Gasteiger partial charge is 0.491 e. The molecule has 0 aliphatic heterocycles. The first-order valence-corrected chi connectivity index (χ1v) is 5.94. The highest BCUT2D eigenvalue weighted by molar-refractivity contribution is 5.79. The van der Waals surface area contributed by atoms with Crippen molar-refractivity contribution < 1.29 is 4.74 Å². The van der Waals surface area contributed by atoms with Gasteiger partial charge >= 0.3 is 0 Å². The number of nitrogens with zero attached hydrogens (tertiary/aromatic N) is 2. The second-order valence-corrected chi connectivity index (χ2v) is 3.91. The molecule has 2 aromatic rings. The number of fused-ring (bicyclic) bond motifs is 1. The molecule has 2 rings (SSSR count). The van der Waals surface area contributed by atoms with Crippen LogP contribution in [0.2, 0.25) is 0 Å². The van der Waals surface area contributed by atoms with Gasteiger partial charge in [0, 0.05) is 17.6 Å². The normalized spacial score (nSPS) is 12.0. The lowest BCUT2D eigenvalue weighted by Gasteiger charge is -2.11. The number of nitrogens with one attached hydrogen (secondary N) is 1. The van der Waals surface area contributed by atoms with Gasteiger partial charge in [0.2, 0.25) is 0 Å². The third-order valence-electron chi connectivity index (χ3n) is 2.60. The summed E-state index contributed by atoms with van der Waals surface area (Å²) in [5.41, 5.74) is 0.895. The summed E-state index contributed by atoms with van der Waals surface area (Å²) in [5, 5.41) is 13.0. The van der Waals surface area contributed by atoms with Crippen molar-refractivity contribution in [1.82, 2.24) is 10.3 Å². The Morgan fingerprint density at radius 3 is 3.11 bits per heavy atom. The minimum atomic E-state index is -0.283. The van der Waals surface area contributed by atoms with Crippen molar-refractivity contribution in [1.29, 1.82) is 5.26 Å². The molecule has 1 aromatic heterocycles. The zero-order chi connectivity index (χ0) is 12.8. The molecule has 1 unspecified atom stereocenters. The van der Waals surface area contributed by atoms with Gasteiger partial charge in [-0.3, -0.25) is 10.3 Å². The van der Waals surface area contributed by atoms with Gasteiger partial charge in [0.1, 0.15) is 18.4 Å². The van der Waals surface area contributed by atoms with Crippen LogP contribution in [0.25, 0.3) is 10.9 Å². The molecule has 1 aromatic carbocycles. The van der Waals surface area contributed by atoms with Crippen molar-refractivity contribution in [2.24, 2.45) is 0 Å². The van der Waals surface area contributed by atoms with Gasteiger partial charge in [0.15, 0.2) is 0 Å². The summed E-state index contributed by atoms with van der Waals surface area (Å²) in [6.07, 6.45) is 1.75. The molecule has 0 saturated carbocycles. The molecule has 92 valence electrons.